The number of carbonyl (C=O) groups is 1. The van der Waals surface area contributed by atoms with Crippen molar-refractivity contribution < 1.29 is 14.3 Å². The maximum atomic E-state index is 13.9. The highest BCUT2D eigenvalue weighted by Gasteiger charge is 2.17. The van der Waals surface area contributed by atoms with E-state index in [2.05, 4.69) is 10.3 Å². The van der Waals surface area contributed by atoms with E-state index in [0.29, 0.717) is 15.9 Å². The van der Waals surface area contributed by atoms with Gasteiger partial charge in [0, 0.05) is 16.6 Å². The van der Waals surface area contributed by atoms with E-state index < -0.39 is 11.8 Å². The van der Waals surface area contributed by atoms with Crippen LogP contribution in [-0.2, 0) is 0 Å². The SMILES string of the molecule is Cc1c(Cl)ccc2c(Nc3ccccc3F)c(C(=O)O)cnc12. The third kappa shape index (κ3) is 2.71. The Morgan fingerprint density at radius 3 is 2.70 bits per heavy atom. The highest BCUT2D eigenvalue weighted by atomic mass is 35.5. The molecule has 4 nitrogen and oxygen atoms in total. The number of hydrogen-bond acceptors (Lipinski definition) is 3. The van der Waals surface area contributed by atoms with Crippen LogP contribution in [0.5, 0.6) is 0 Å². The summed E-state index contributed by atoms with van der Waals surface area (Å²) in [6.45, 7) is 1.80. The van der Waals surface area contributed by atoms with Crippen LogP contribution in [0, 0.1) is 12.7 Å². The van der Waals surface area contributed by atoms with Crippen molar-refractivity contribution in [1.29, 1.82) is 0 Å². The summed E-state index contributed by atoms with van der Waals surface area (Å²) in [5.41, 5.74) is 1.74. The lowest BCUT2D eigenvalue weighted by molar-refractivity contribution is 0.0697. The summed E-state index contributed by atoms with van der Waals surface area (Å²) in [6.07, 6.45) is 1.25. The van der Waals surface area contributed by atoms with Crippen molar-refractivity contribution in [3.05, 3.63) is 64.6 Å². The minimum Gasteiger partial charge on any atom is -0.478 e. The number of aryl methyl sites for hydroxylation is 1. The maximum Gasteiger partial charge on any atom is 0.339 e. The molecule has 23 heavy (non-hydrogen) atoms. The monoisotopic (exact) mass is 330 g/mol. The highest BCUT2D eigenvalue weighted by Crippen LogP contribution is 2.33. The predicted molar refractivity (Wildman–Crippen MR) is 88.1 cm³/mol. The molecular formula is C17H12ClFN2O2. The molecular weight excluding hydrogens is 319 g/mol. The molecule has 0 aliphatic heterocycles. The molecule has 0 atom stereocenters. The van der Waals surface area contributed by atoms with Crippen molar-refractivity contribution >= 4 is 39.8 Å². The third-order valence-electron chi connectivity index (χ3n) is 3.59. The average Bonchev–Trinajstić information content (AvgIpc) is 2.53. The smallest absolute Gasteiger partial charge is 0.339 e. The molecule has 1 aromatic heterocycles. The molecule has 2 N–H and O–H groups in total. The zero-order valence-corrected chi connectivity index (χ0v) is 12.9. The van der Waals surface area contributed by atoms with Gasteiger partial charge in [0.15, 0.2) is 0 Å². The Morgan fingerprint density at radius 1 is 1.26 bits per heavy atom. The molecule has 0 saturated heterocycles. The molecule has 0 amide bonds. The molecule has 0 aliphatic carbocycles. The van der Waals surface area contributed by atoms with Crippen molar-refractivity contribution in [2.24, 2.45) is 0 Å². The normalized spacial score (nSPS) is 10.7. The fourth-order valence-electron chi connectivity index (χ4n) is 2.38. The molecule has 3 aromatic rings. The van der Waals surface area contributed by atoms with Crippen molar-refractivity contribution in [3.8, 4) is 0 Å². The first-order valence-corrected chi connectivity index (χ1v) is 7.19. The molecule has 0 fully saturated rings. The van der Waals surface area contributed by atoms with Gasteiger partial charge in [0.05, 0.1) is 16.9 Å². The molecule has 0 spiro atoms. The summed E-state index contributed by atoms with van der Waals surface area (Å²) >= 11 is 6.09. The first-order chi connectivity index (χ1) is 11.0. The number of carboxylic acid groups (broad SMARTS) is 1. The van der Waals surface area contributed by atoms with Gasteiger partial charge in [0.25, 0.3) is 0 Å². The first-order valence-electron chi connectivity index (χ1n) is 6.81. The topological polar surface area (TPSA) is 62.2 Å². The Labute approximate surface area is 136 Å². The van der Waals surface area contributed by atoms with Crippen LogP contribution in [0.4, 0.5) is 15.8 Å². The van der Waals surface area contributed by atoms with Gasteiger partial charge in [0.2, 0.25) is 0 Å². The lowest BCUT2D eigenvalue weighted by atomic mass is 10.1. The molecule has 1 heterocycles. The number of pyridine rings is 1. The number of nitrogens with one attached hydrogen (secondary N) is 1. The minimum absolute atomic E-state index is 0.0394. The van der Waals surface area contributed by atoms with Crippen molar-refractivity contribution in [1.82, 2.24) is 4.98 Å². The van der Waals surface area contributed by atoms with Gasteiger partial charge in [-0.2, -0.15) is 0 Å². The summed E-state index contributed by atoms with van der Waals surface area (Å²) in [4.78, 5) is 15.7. The molecule has 0 bridgehead atoms. The van der Waals surface area contributed by atoms with Gasteiger partial charge in [-0.25, -0.2) is 9.18 Å². The number of anilines is 2. The van der Waals surface area contributed by atoms with E-state index in [9.17, 15) is 14.3 Å². The third-order valence-corrected chi connectivity index (χ3v) is 4.00. The fraction of sp³-hybridized carbons (Fsp3) is 0.0588. The van der Waals surface area contributed by atoms with Gasteiger partial charge in [-0.1, -0.05) is 23.7 Å². The van der Waals surface area contributed by atoms with Crippen LogP contribution in [0.25, 0.3) is 10.9 Å². The maximum absolute atomic E-state index is 13.9. The van der Waals surface area contributed by atoms with Crippen LogP contribution in [-0.4, -0.2) is 16.1 Å². The van der Waals surface area contributed by atoms with E-state index in [1.165, 1.54) is 18.3 Å². The van der Waals surface area contributed by atoms with Crippen LogP contribution in [0.15, 0.2) is 42.6 Å². The second kappa shape index (κ2) is 5.85. The van der Waals surface area contributed by atoms with Gasteiger partial charge in [-0.15, -0.1) is 0 Å². The second-order valence-corrected chi connectivity index (χ2v) is 5.43. The lowest BCUT2D eigenvalue weighted by Gasteiger charge is -2.14. The molecule has 2 aromatic carbocycles. The van der Waals surface area contributed by atoms with Crippen molar-refractivity contribution in [2.45, 2.75) is 6.92 Å². The van der Waals surface area contributed by atoms with E-state index in [4.69, 9.17) is 11.6 Å². The van der Waals surface area contributed by atoms with Crippen LogP contribution in [0.2, 0.25) is 5.02 Å². The standard InChI is InChI=1S/C17H12ClFN2O2/c1-9-12(18)7-6-10-15(9)20-8-11(17(22)23)16(10)21-14-5-3-2-4-13(14)19/h2-8H,1H3,(H,20,21)(H,22,23). The number of aromatic nitrogens is 1. The number of aromatic carboxylic acids is 1. The molecule has 6 heteroatoms. The Hall–Kier alpha value is -2.66. The number of hydrogen-bond donors (Lipinski definition) is 2. The minimum atomic E-state index is -1.15. The van der Waals surface area contributed by atoms with Gasteiger partial charge in [-0.3, -0.25) is 4.98 Å². The van der Waals surface area contributed by atoms with E-state index in [-0.39, 0.29) is 16.9 Å². The predicted octanol–water partition coefficient (Wildman–Crippen LogP) is 4.78. The molecule has 0 aliphatic rings. The second-order valence-electron chi connectivity index (χ2n) is 5.03. The summed E-state index contributed by atoms with van der Waals surface area (Å²) in [6, 6.07) is 9.40. The largest absolute Gasteiger partial charge is 0.478 e. The zero-order chi connectivity index (χ0) is 16.6. The van der Waals surface area contributed by atoms with Crippen molar-refractivity contribution in [3.63, 3.8) is 0 Å². The zero-order valence-electron chi connectivity index (χ0n) is 12.1. The molecule has 0 saturated carbocycles. The van der Waals surface area contributed by atoms with Gasteiger partial charge in [-0.05, 0) is 36.8 Å². The van der Waals surface area contributed by atoms with Crippen molar-refractivity contribution in [2.75, 3.05) is 5.32 Å². The highest BCUT2D eigenvalue weighted by molar-refractivity contribution is 6.32. The summed E-state index contributed by atoms with van der Waals surface area (Å²) in [5.74, 6) is -1.62. The van der Waals surface area contributed by atoms with Crippen LogP contribution in [0.1, 0.15) is 15.9 Å². The van der Waals surface area contributed by atoms with E-state index in [1.54, 1.807) is 31.2 Å². The number of fused-ring (bicyclic) bond motifs is 1. The lowest BCUT2D eigenvalue weighted by Crippen LogP contribution is -2.06. The number of nitrogens with zero attached hydrogens (tertiary/aromatic N) is 1. The molecule has 0 radical (unpaired) electrons. The number of rotatable bonds is 3. The summed E-state index contributed by atoms with van der Waals surface area (Å²) in [5, 5.41) is 13.4. The van der Waals surface area contributed by atoms with Crippen LogP contribution in [0.3, 0.4) is 0 Å². The average molecular weight is 331 g/mol. The molecule has 3 rings (SSSR count). The number of benzene rings is 2. The first kappa shape index (κ1) is 15.2. The summed E-state index contributed by atoms with van der Waals surface area (Å²) in [7, 11) is 0. The van der Waals surface area contributed by atoms with Gasteiger partial charge in [0.1, 0.15) is 11.4 Å². The van der Waals surface area contributed by atoms with E-state index in [0.717, 1.165) is 5.56 Å². The number of halogens is 2. The summed E-state index contributed by atoms with van der Waals surface area (Å²) < 4.78 is 13.9. The quantitative estimate of drug-likeness (QED) is 0.725. The Balaban J connectivity index is 2.28. The molecule has 116 valence electrons. The van der Waals surface area contributed by atoms with E-state index in [1.807, 2.05) is 0 Å². The Bertz CT molecular complexity index is 928. The van der Waals surface area contributed by atoms with E-state index >= 15 is 0 Å². The van der Waals surface area contributed by atoms with Crippen LogP contribution < -0.4 is 5.32 Å². The number of para-hydroxylation sites is 1. The Morgan fingerprint density at radius 2 is 2.00 bits per heavy atom. The van der Waals surface area contributed by atoms with Gasteiger partial charge >= 0.3 is 5.97 Å². The molecule has 0 unspecified atom stereocenters. The number of carboxylic acids is 1. The Kier molecular flexibility index (Phi) is 3.88. The van der Waals surface area contributed by atoms with Crippen LogP contribution >= 0.6 is 11.6 Å². The fourth-order valence-corrected chi connectivity index (χ4v) is 2.53. The van der Waals surface area contributed by atoms with Gasteiger partial charge < -0.3 is 10.4 Å².